The quantitative estimate of drug-likeness (QED) is 0.430. The maximum absolute atomic E-state index is 11.2. The van der Waals surface area contributed by atoms with Crippen molar-refractivity contribution < 1.29 is 19.3 Å². The molecule has 1 aromatic rings. The number of hydrogen-bond donors (Lipinski definition) is 2. The van der Waals surface area contributed by atoms with Crippen LogP contribution in [-0.4, -0.2) is 23.3 Å². The Hall–Kier alpha value is -2.74. The molecular weight excluding hydrogens is 254 g/mol. The maximum atomic E-state index is 11.2. The summed E-state index contributed by atoms with van der Waals surface area (Å²) in [5, 5.41) is 10.5. The Morgan fingerprint density at radius 2 is 2.21 bits per heavy atom. The van der Waals surface area contributed by atoms with Crippen LogP contribution in [0.4, 0.5) is 5.69 Å². The van der Waals surface area contributed by atoms with Crippen molar-refractivity contribution >= 4 is 23.6 Å². The molecule has 3 N–H and O–H groups in total. The number of rotatable bonds is 6. The van der Waals surface area contributed by atoms with Crippen LogP contribution in [-0.2, 0) is 14.4 Å². The number of nitro groups is 1. The molecule has 0 atom stereocenters. The zero-order chi connectivity index (χ0) is 14.3. The summed E-state index contributed by atoms with van der Waals surface area (Å²) in [7, 11) is 0. The van der Waals surface area contributed by atoms with Crippen molar-refractivity contribution in [1.82, 2.24) is 5.48 Å². The highest BCUT2D eigenvalue weighted by Gasteiger charge is 2.04. The van der Waals surface area contributed by atoms with Crippen molar-refractivity contribution in [3.05, 3.63) is 46.0 Å². The molecule has 0 aliphatic carbocycles. The zero-order valence-electron chi connectivity index (χ0n) is 9.74. The van der Waals surface area contributed by atoms with E-state index in [1.807, 2.05) is 5.48 Å². The fourth-order valence-electron chi connectivity index (χ4n) is 1.13. The van der Waals surface area contributed by atoms with Crippen molar-refractivity contribution in [2.45, 2.75) is 0 Å². The van der Waals surface area contributed by atoms with Gasteiger partial charge in [-0.3, -0.25) is 24.5 Å². The van der Waals surface area contributed by atoms with Crippen molar-refractivity contribution in [3.63, 3.8) is 0 Å². The lowest BCUT2D eigenvalue weighted by atomic mass is 10.2. The molecule has 2 amide bonds. The molecule has 100 valence electrons. The normalized spacial score (nSPS) is 10.3. The van der Waals surface area contributed by atoms with Crippen LogP contribution in [0.2, 0.25) is 0 Å². The van der Waals surface area contributed by atoms with E-state index in [0.29, 0.717) is 5.56 Å². The van der Waals surface area contributed by atoms with Crippen LogP contribution in [0.3, 0.4) is 0 Å². The molecule has 0 aromatic heterocycles. The Morgan fingerprint density at radius 1 is 1.47 bits per heavy atom. The Kier molecular flexibility index (Phi) is 5.17. The van der Waals surface area contributed by atoms with Gasteiger partial charge >= 0.3 is 0 Å². The first-order valence-electron chi connectivity index (χ1n) is 5.11. The molecule has 0 saturated heterocycles. The predicted molar refractivity (Wildman–Crippen MR) is 65.4 cm³/mol. The fraction of sp³-hybridized carbons (Fsp3) is 0.0909. The van der Waals surface area contributed by atoms with E-state index in [2.05, 4.69) is 4.84 Å². The highest BCUT2D eigenvalue weighted by molar-refractivity contribution is 5.91. The summed E-state index contributed by atoms with van der Waals surface area (Å²) in [5.74, 6) is -1.34. The lowest BCUT2D eigenvalue weighted by molar-refractivity contribution is -0.384. The van der Waals surface area contributed by atoms with Gasteiger partial charge in [0.15, 0.2) is 6.61 Å². The van der Waals surface area contributed by atoms with Gasteiger partial charge in [-0.2, -0.15) is 0 Å². The third-order valence-electron chi connectivity index (χ3n) is 1.90. The summed E-state index contributed by atoms with van der Waals surface area (Å²) < 4.78 is 0. The monoisotopic (exact) mass is 265 g/mol. The second kappa shape index (κ2) is 6.87. The Balaban J connectivity index is 2.56. The first-order valence-corrected chi connectivity index (χ1v) is 5.11. The van der Waals surface area contributed by atoms with Crippen molar-refractivity contribution in [1.29, 1.82) is 0 Å². The summed E-state index contributed by atoms with van der Waals surface area (Å²) in [5.41, 5.74) is 7.16. The molecule has 8 heteroatoms. The minimum absolute atomic E-state index is 0.0764. The van der Waals surface area contributed by atoms with Crippen molar-refractivity contribution in [3.8, 4) is 0 Å². The number of non-ortho nitro benzene ring substituents is 1. The van der Waals surface area contributed by atoms with Crippen molar-refractivity contribution in [2.24, 2.45) is 5.73 Å². The number of carbonyl (C=O) groups is 2. The zero-order valence-corrected chi connectivity index (χ0v) is 9.74. The summed E-state index contributed by atoms with van der Waals surface area (Å²) >= 11 is 0. The third kappa shape index (κ3) is 5.41. The smallest absolute Gasteiger partial charge is 0.270 e. The van der Waals surface area contributed by atoms with E-state index in [1.54, 1.807) is 6.07 Å². The van der Waals surface area contributed by atoms with E-state index in [4.69, 9.17) is 5.73 Å². The van der Waals surface area contributed by atoms with E-state index in [-0.39, 0.29) is 5.69 Å². The molecule has 0 radical (unpaired) electrons. The van der Waals surface area contributed by atoms with E-state index in [1.165, 1.54) is 24.3 Å². The molecule has 0 spiro atoms. The number of nitrogens with zero attached hydrogens (tertiary/aromatic N) is 1. The molecule has 0 heterocycles. The number of amides is 2. The van der Waals surface area contributed by atoms with Crippen LogP contribution in [0.5, 0.6) is 0 Å². The standard InChI is InChI=1S/C11H11N3O5/c12-10(15)7-19-13-11(16)5-4-8-2-1-3-9(6-8)14(17)18/h1-6H,7H2,(H2,12,15)(H,13,16)/b5-4+. The Morgan fingerprint density at radius 3 is 2.84 bits per heavy atom. The van der Waals surface area contributed by atoms with Gasteiger partial charge in [0.2, 0.25) is 5.91 Å². The number of nitro benzene ring substituents is 1. The van der Waals surface area contributed by atoms with Gasteiger partial charge in [0.25, 0.3) is 11.6 Å². The third-order valence-corrected chi connectivity index (χ3v) is 1.90. The number of primary amides is 1. The van der Waals surface area contributed by atoms with E-state index >= 15 is 0 Å². The summed E-state index contributed by atoms with van der Waals surface area (Å²) in [6.45, 7) is -0.434. The van der Waals surface area contributed by atoms with E-state index < -0.39 is 23.3 Å². The number of hydroxylamine groups is 1. The second-order valence-corrected chi connectivity index (χ2v) is 3.41. The van der Waals surface area contributed by atoms with Crippen molar-refractivity contribution in [2.75, 3.05) is 6.61 Å². The number of hydrogen-bond acceptors (Lipinski definition) is 5. The van der Waals surface area contributed by atoms with Gasteiger partial charge in [-0.25, -0.2) is 5.48 Å². The summed E-state index contributed by atoms with van der Waals surface area (Å²) in [6.07, 6.45) is 2.48. The minimum atomic E-state index is -0.719. The average molecular weight is 265 g/mol. The fourth-order valence-corrected chi connectivity index (χ4v) is 1.13. The average Bonchev–Trinajstić information content (AvgIpc) is 2.36. The molecule has 0 fully saturated rings. The SMILES string of the molecule is NC(=O)CONC(=O)/C=C/c1cccc([N+](=O)[O-])c1. The number of carbonyl (C=O) groups excluding carboxylic acids is 2. The van der Waals surface area contributed by atoms with Gasteiger partial charge in [0.05, 0.1) is 4.92 Å². The van der Waals surface area contributed by atoms with Gasteiger partial charge in [-0.15, -0.1) is 0 Å². The molecule has 0 bridgehead atoms. The van der Waals surface area contributed by atoms with Crippen LogP contribution in [0.15, 0.2) is 30.3 Å². The van der Waals surface area contributed by atoms with E-state index in [0.717, 1.165) is 6.08 Å². The minimum Gasteiger partial charge on any atom is -0.368 e. The summed E-state index contributed by atoms with van der Waals surface area (Å²) in [6, 6.07) is 5.75. The highest BCUT2D eigenvalue weighted by atomic mass is 16.7. The lowest BCUT2D eigenvalue weighted by Gasteiger charge is -1.99. The first-order chi connectivity index (χ1) is 8.99. The Labute approximate surface area is 107 Å². The summed E-state index contributed by atoms with van der Waals surface area (Å²) in [4.78, 5) is 36.0. The number of nitrogens with one attached hydrogen (secondary N) is 1. The molecule has 1 aromatic carbocycles. The first kappa shape index (κ1) is 14.3. The van der Waals surface area contributed by atoms with Gasteiger partial charge in [0.1, 0.15) is 0 Å². The molecule has 19 heavy (non-hydrogen) atoms. The Bertz CT molecular complexity index is 527. The molecule has 0 saturated carbocycles. The van der Waals surface area contributed by atoms with Gasteiger partial charge < -0.3 is 5.73 Å². The largest absolute Gasteiger partial charge is 0.368 e. The molecular formula is C11H11N3O5. The molecule has 0 aliphatic rings. The lowest BCUT2D eigenvalue weighted by Crippen LogP contribution is -2.28. The van der Waals surface area contributed by atoms with Gasteiger partial charge in [-0.1, -0.05) is 12.1 Å². The topological polar surface area (TPSA) is 125 Å². The maximum Gasteiger partial charge on any atom is 0.270 e. The number of benzene rings is 1. The van der Waals surface area contributed by atoms with Crippen LogP contribution >= 0.6 is 0 Å². The highest BCUT2D eigenvalue weighted by Crippen LogP contribution is 2.13. The molecule has 0 aliphatic heterocycles. The van der Waals surface area contributed by atoms with Crippen LogP contribution in [0.25, 0.3) is 6.08 Å². The predicted octanol–water partition coefficient (Wildman–Crippen LogP) is 0.141. The van der Waals surface area contributed by atoms with Crippen LogP contribution in [0, 0.1) is 10.1 Å². The number of nitrogens with two attached hydrogens (primary N) is 1. The second-order valence-electron chi connectivity index (χ2n) is 3.41. The van der Waals surface area contributed by atoms with Crippen LogP contribution < -0.4 is 11.2 Å². The van der Waals surface area contributed by atoms with Crippen LogP contribution in [0.1, 0.15) is 5.56 Å². The van der Waals surface area contributed by atoms with Gasteiger partial charge in [-0.05, 0) is 11.6 Å². The molecule has 0 unspecified atom stereocenters. The van der Waals surface area contributed by atoms with E-state index in [9.17, 15) is 19.7 Å². The molecule has 1 rings (SSSR count). The molecule has 8 nitrogen and oxygen atoms in total. The van der Waals surface area contributed by atoms with Gasteiger partial charge in [0, 0.05) is 18.2 Å².